The lowest BCUT2D eigenvalue weighted by molar-refractivity contribution is 0.0607. The van der Waals surface area contributed by atoms with E-state index in [1.54, 1.807) is 19.2 Å². The van der Waals surface area contributed by atoms with Crippen molar-refractivity contribution in [2.75, 3.05) is 39.8 Å². The van der Waals surface area contributed by atoms with E-state index >= 15 is 0 Å². The Morgan fingerprint density at radius 1 is 1.13 bits per heavy atom. The Morgan fingerprint density at radius 3 is 2.61 bits per heavy atom. The van der Waals surface area contributed by atoms with Crippen LogP contribution in [0, 0.1) is 0 Å². The standard InChI is InChI=1S/C18H22N2O3/c1-22-16-6-3-2-5-15(16)8-9-19-10-12-20(13-11-19)18(21)17-7-4-14-23-17/h2-7,14H,8-13H2,1H3. The van der Waals surface area contributed by atoms with Gasteiger partial charge in [-0.2, -0.15) is 0 Å². The topological polar surface area (TPSA) is 45.9 Å². The largest absolute Gasteiger partial charge is 0.496 e. The van der Waals surface area contributed by atoms with E-state index < -0.39 is 0 Å². The summed E-state index contributed by atoms with van der Waals surface area (Å²) < 4.78 is 10.6. The molecule has 3 rings (SSSR count). The number of amides is 1. The average molecular weight is 314 g/mol. The van der Waals surface area contributed by atoms with Crippen LogP contribution in [-0.4, -0.2) is 55.5 Å². The van der Waals surface area contributed by atoms with E-state index in [0.29, 0.717) is 5.76 Å². The highest BCUT2D eigenvalue weighted by molar-refractivity contribution is 5.91. The van der Waals surface area contributed by atoms with Gasteiger partial charge in [0.2, 0.25) is 0 Å². The smallest absolute Gasteiger partial charge is 0.289 e. The fraction of sp³-hybridized carbons (Fsp3) is 0.389. The van der Waals surface area contributed by atoms with Crippen LogP contribution < -0.4 is 4.74 Å². The van der Waals surface area contributed by atoms with Gasteiger partial charge in [-0.1, -0.05) is 18.2 Å². The minimum absolute atomic E-state index is 0.0145. The van der Waals surface area contributed by atoms with Crippen LogP contribution in [0.25, 0.3) is 0 Å². The van der Waals surface area contributed by atoms with Crippen LogP contribution in [0.2, 0.25) is 0 Å². The van der Waals surface area contributed by atoms with Gasteiger partial charge in [0.15, 0.2) is 5.76 Å². The maximum Gasteiger partial charge on any atom is 0.289 e. The summed E-state index contributed by atoms with van der Waals surface area (Å²) in [6.45, 7) is 4.24. The summed E-state index contributed by atoms with van der Waals surface area (Å²) in [5.74, 6) is 1.35. The van der Waals surface area contributed by atoms with Gasteiger partial charge in [-0.15, -0.1) is 0 Å². The zero-order valence-electron chi connectivity index (χ0n) is 13.4. The van der Waals surface area contributed by atoms with E-state index in [0.717, 1.165) is 44.9 Å². The third-order valence-corrected chi connectivity index (χ3v) is 4.28. The highest BCUT2D eigenvalue weighted by Gasteiger charge is 2.23. The number of rotatable bonds is 5. The molecule has 23 heavy (non-hydrogen) atoms. The van der Waals surface area contributed by atoms with Crippen LogP contribution in [0.15, 0.2) is 47.1 Å². The van der Waals surface area contributed by atoms with Crippen molar-refractivity contribution in [3.63, 3.8) is 0 Å². The second-order valence-electron chi connectivity index (χ2n) is 5.67. The van der Waals surface area contributed by atoms with Crippen molar-refractivity contribution in [3.8, 4) is 5.75 Å². The van der Waals surface area contributed by atoms with Crippen LogP contribution in [0.4, 0.5) is 0 Å². The molecule has 1 aliphatic heterocycles. The van der Waals surface area contributed by atoms with Crippen LogP contribution in [0.3, 0.4) is 0 Å². The molecular formula is C18H22N2O3. The van der Waals surface area contributed by atoms with E-state index in [9.17, 15) is 4.79 Å². The van der Waals surface area contributed by atoms with E-state index in [1.807, 2.05) is 23.1 Å². The second-order valence-corrected chi connectivity index (χ2v) is 5.67. The lowest BCUT2D eigenvalue weighted by Crippen LogP contribution is -2.49. The van der Waals surface area contributed by atoms with Crippen molar-refractivity contribution in [2.24, 2.45) is 0 Å². The summed E-state index contributed by atoms with van der Waals surface area (Å²) in [5, 5.41) is 0. The summed E-state index contributed by atoms with van der Waals surface area (Å²) >= 11 is 0. The zero-order chi connectivity index (χ0) is 16.1. The molecule has 5 nitrogen and oxygen atoms in total. The van der Waals surface area contributed by atoms with Gasteiger partial charge < -0.3 is 14.1 Å². The van der Waals surface area contributed by atoms with Gasteiger partial charge in [-0.25, -0.2) is 0 Å². The number of nitrogens with zero attached hydrogens (tertiary/aromatic N) is 2. The Morgan fingerprint density at radius 2 is 1.91 bits per heavy atom. The Balaban J connectivity index is 1.49. The van der Waals surface area contributed by atoms with Crippen molar-refractivity contribution in [3.05, 3.63) is 54.0 Å². The number of hydrogen-bond donors (Lipinski definition) is 0. The lowest BCUT2D eigenvalue weighted by Gasteiger charge is -2.34. The average Bonchev–Trinajstić information content (AvgIpc) is 3.14. The number of piperazine rings is 1. The molecule has 2 aromatic rings. The van der Waals surface area contributed by atoms with Crippen molar-refractivity contribution >= 4 is 5.91 Å². The van der Waals surface area contributed by atoms with E-state index in [2.05, 4.69) is 11.0 Å². The molecule has 5 heteroatoms. The number of carbonyl (C=O) groups excluding carboxylic acids is 1. The Labute approximate surface area is 136 Å². The molecule has 0 spiro atoms. The van der Waals surface area contributed by atoms with E-state index in [-0.39, 0.29) is 5.91 Å². The van der Waals surface area contributed by atoms with Gasteiger partial charge in [0.05, 0.1) is 13.4 Å². The minimum Gasteiger partial charge on any atom is -0.496 e. The number of benzene rings is 1. The molecule has 122 valence electrons. The summed E-state index contributed by atoms with van der Waals surface area (Å²) in [6.07, 6.45) is 2.49. The maximum atomic E-state index is 12.2. The summed E-state index contributed by atoms with van der Waals surface area (Å²) in [4.78, 5) is 16.5. The number of methoxy groups -OCH3 is 1. The third-order valence-electron chi connectivity index (χ3n) is 4.28. The molecule has 0 aliphatic carbocycles. The van der Waals surface area contributed by atoms with Gasteiger partial charge in [0.25, 0.3) is 5.91 Å². The molecule has 0 N–H and O–H groups in total. The van der Waals surface area contributed by atoms with Gasteiger partial charge in [-0.3, -0.25) is 9.69 Å². The monoisotopic (exact) mass is 314 g/mol. The number of ether oxygens (including phenoxy) is 1. The predicted molar refractivity (Wildman–Crippen MR) is 87.7 cm³/mol. The lowest BCUT2D eigenvalue weighted by atomic mass is 10.1. The fourth-order valence-corrected chi connectivity index (χ4v) is 2.92. The number of hydrogen-bond acceptors (Lipinski definition) is 4. The first-order chi connectivity index (χ1) is 11.3. The minimum atomic E-state index is -0.0145. The zero-order valence-corrected chi connectivity index (χ0v) is 13.4. The molecule has 0 saturated carbocycles. The van der Waals surface area contributed by atoms with Crippen molar-refractivity contribution in [1.82, 2.24) is 9.80 Å². The maximum absolute atomic E-state index is 12.2. The van der Waals surface area contributed by atoms with Crippen molar-refractivity contribution in [2.45, 2.75) is 6.42 Å². The molecule has 0 radical (unpaired) electrons. The van der Waals surface area contributed by atoms with Crippen molar-refractivity contribution < 1.29 is 13.9 Å². The number of furan rings is 1. The molecular weight excluding hydrogens is 292 g/mol. The first-order valence-electron chi connectivity index (χ1n) is 7.95. The molecule has 0 bridgehead atoms. The highest BCUT2D eigenvalue weighted by atomic mass is 16.5. The van der Waals surface area contributed by atoms with Gasteiger partial charge in [0, 0.05) is 32.7 Å². The van der Waals surface area contributed by atoms with Crippen LogP contribution in [0.5, 0.6) is 5.75 Å². The van der Waals surface area contributed by atoms with Gasteiger partial charge in [0.1, 0.15) is 5.75 Å². The Hall–Kier alpha value is -2.27. The fourth-order valence-electron chi connectivity index (χ4n) is 2.92. The van der Waals surface area contributed by atoms with Gasteiger partial charge in [-0.05, 0) is 30.2 Å². The molecule has 0 unspecified atom stereocenters. The molecule has 1 aromatic heterocycles. The van der Waals surface area contributed by atoms with Crippen LogP contribution >= 0.6 is 0 Å². The summed E-state index contributed by atoms with van der Waals surface area (Å²) in [5.41, 5.74) is 1.23. The molecule has 1 aromatic carbocycles. The summed E-state index contributed by atoms with van der Waals surface area (Å²) in [7, 11) is 1.71. The van der Waals surface area contributed by atoms with E-state index in [1.165, 1.54) is 11.8 Å². The van der Waals surface area contributed by atoms with Crippen molar-refractivity contribution in [1.29, 1.82) is 0 Å². The molecule has 1 amide bonds. The van der Waals surface area contributed by atoms with Gasteiger partial charge >= 0.3 is 0 Å². The number of para-hydroxylation sites is 1. The molecule has 1 fully saturated rings. The first-order valence-corrected chi connectivity index (χ1v) is 7.95. The third kappa shape index (κ3) is 3.74. The molecule has 0 atom stereocenters. The molecule has 1 aliphatic rings. The van der Waals surface area contributed by atoms with E-state index in [4.69, 9.17) is 9.15 Å². The highest BCUT2D eigenvalue weighted by Crippen LogP contribution is 2.18. The Kier molecular flexibility index (Phi) is 4.98. The predicted octanol–water partition coefficient (Wildman–Crippen LogP) is 2.29. The SMILES string of the molecule is COc1ccccc1CCN1CCN(C(=O)c2ccco2)CC1. The first kappa shape index (κ1) is 15.6. The Bertz CT molecular complexity index is 631. The summed E-state index contributed by atoms with van der Waals surface area (Å²) in [6, 6.07) is 11.6. The quantitative estimate of drug-likeness (QED) is 0.849. The second kappa shape index (κ2) is 7.33. The van der Waals surface area contributed by atoms with Crippen LogP contribution in [-0.2, 0) is 6.42 Å². The number of carbonyl (C=O) groups is 1. The molecule has 1 saturated heterocycles. The normalized spacial score (nSPS) is 15.6. The van der Waals surface area contributed by atoms with Crippen LogP contribution in [0.1, 0.15) is 16.1 Å². The molecule has 2 heterocycles.